The fraction of sp³-hybridized carbons (Fsp3) is 1.00. The molecule has 0 aromatic heterocycles. The van der Waals surface area contributed by atoms with Crippen molar-refractivity contribution in [1.29, 1.82) is 0 Å². The van der Waals surface area contributed by atoms with Crippen LogP contribution in [0, 0.1) is 23.2 Å². The summed E-state index contributed by atoms with van der Waals surface area (Å²) < 4.78 is 0. The summed E-state index contributed by atoms with van der Waals surface area (Å²) in [5.41, 5.74) is 0.694. The Morgan fingerprint density at radius 3 is 2.48 bits per heavy atom. The van der Waals surface area contributed by atoms with Gasteiger partial charge in [-0.15, -0.1) is 0 Å². The molecular weight excluding hydrogens is 256 g/mol. The van der Waals surface area contributed by atoms with Crippen LogP contribution < -0.4 is 5.32 Å². The number of fused-ring (bicyclic) bond motifs is 2. The van der Waals surface area contributed by atoms with Gasteiger partial charge in [-0.2, -0.15) is 0 Å². The van der Waals surface area contributed by atoms with Crippen molar-refractivity contribution in [1.82, 2.24) is 10.2 Å². The second kappa shape index (κ2) is 5.53. The van der Waals surface area contributed by atoms with Crippen LogP contribution in [-0.2, 0) is 0 Å². The highest BCUT2D eigenvalue weighted by Gasteiger charge is 2.44. The van der Waals surface area contributed by atoms with Gasteiger partial charge in [0.05, 0.1) is 0 Å². The molecule has 0 spiro atoms. The molecule has 3 rings (SSSR count). The number of hydrogen-bond acceptors (Lipinski definition) is 2. The molecule has 2 saturated carbocycles. The highest BCUT2D eigenvalue weighted by Crippen LogP contribution is 2.49. The molecule has 2 heteroatoms. The van der Waals surface area contributed by atoms with Crippen molar-refractivity contribution in [2.24, 2.45) is 23.2 Å². The Morgan fingerprint density at radius 2 is 1.95 bits per heavy atom. The molecule has 0 aromatic carbocycles. The predicted octanol–water partition coefficient (Wildman–Crippen LogP) is 3.91. The fourth-order valence-electron chi connectivity index (χ4n) is 5.27. The number of rotatable bonds is 3. The second-order valence-electron chi connectivity index (χ2n) is 9.54. The van der Waals surface area contributed by atoms with Gasteiger partial charge >= 0.3 is 0 Å². The minimum atomic E-state index is 0.319. The van der Waals surface area contributed by atoms with Crippen molar-refractivity contribution in [2.75, 3.05) is 19.6 Å². The van der Waals surface area contributed by atoms with Gasteiger partial charge in [0, 0.05) is 31.2 Å². The Labute approximate surface area is 132 Å². The molecule has 0 amide bonds. The van der Waals surface area contributed by atoms with Crippen molar-refractivity contribution in [3.63, 3.8) is 0 Å². The van der Waals surface area contributed by atoms with Gasteiger partial charge in [0.1, 0.15) is 0 Å². The first-order valence-electron chi connectivity index (χ1n) is 9.30. The highest BCUT2D eigenvalue weighted by atomic mass is 15.3. The Morgan fingerprint density at radius 1 is 1.19 bits per heavy atom. The topological polar surface area (TPSA) is 15.3 Å². The molecule has 3 fully saturated rings. The van der Waals surface area contributed by atoms with E-state index in [9.17, 15) is 0 Å². The van der Waals surface area contributed by atoms with Gasteiger partial charge in [0.25, 0.3) is 0 Å². The average Bonchev–Trinajstić information content (AvgIpc) is 2.99. The van der Waals surface area contributed by atoms with Gasteiger partial charge in [-0.1, -0.05) is 34.1 Å². The molecule has 3 aliphatic rings. The summed E-state index contributed by atoms with van der Waals surface area (Å²) in [6.07, 6.45) is 7.35. The van der Waals surface area contributed by atoms with Crippen molar-refractivity contribution in [3.05, 3.63) is 0 Å². The quantitative estimate of drug-likeness (QED) is 0.848. The fourth-order valence-corrected chi connectivity index (χ4v) is 5.27. The van der Waals surface area contributed by atoms with Gasteiger partial charge in [-0.25, -0.2) is 0 Å². The molecule has 2 bridgehead atoms. The molecule has 1 saturated heterocycles. The Bertz CT molecular complexity index is 372. The van der Waals surface area contributed by atoms with Crippen molar-refractivity contribution in [2.45, 2.75) is 78.3 Å². The SMILES string of the molecule is CCC1(C)CN(CC2CC3CCC2C3)C(C(C)(C)C)CN1. The van der Waals surface area contributed by atoms with E-state index in [2.05, 4.69) is 44.8 Å². The zero-order valence-corrected chi connectivity index (χ0v) is 14.9. The minimum absolute atomic E-state index is 0.319. The van der Waals surface area contributed by atoms with Crippen LogP contribution in [0.2, 0.25) is 0 Å². The van der Waals surface area contributed by atoms with E-state index >= 15 is 0 Å². The van der Waals surface area contributed by atoms with Gasteiger partial charge in [0.2, 0.25) is 0 Å². The van der Waals surface area contributed by atoms with Crippen LogP contribution in [0.5, 0.6) is 0 Å². The third-order valence-electron chi connectivity index (χ3n) is 6.85. The third-order valence-corrected chi connectivity index (χ3v) is 6.85. The standard InChI is InChI=1S/C19H36N2/c1-6-19(5)13-21(17(11-20-19)18(2,3)4)12-16-10-14-7-8-15(16)9-14/h14-17,20H,6-13H2,1-5H3. The summed E-state index contributed by atoms with van der Waals surface area (Å²) in [6.45, 7) is 15.8. The zero-order chi connectivity index (χ0) is 15.3. The Kier molecular flexibility index (Phi) is 4.16. The van der Waals surface area contributed by atoms with Crippen LogP contribution in [0.4, 0.5) is 0 Å². The monoisotopic (exact) mass is 292 g/mol. The summed E-state index contributed by atoms with van der Waals surface area (Å²) in [5, 5.41) is 3.85. The molecule has 0 radical (unpaired) electrons. The van der Waals surface area contributed by atoms with Gasteiger partial charge in [-0.05, 0) is 55.8 Å². The van der Waals surface area contributed by atoms with Crippen LogP contribution in [0.3, 0.4) is 0 Å². The smallest absolute Gasteiger partial charge is 0.0278 e. The lowest BCUT2D eigenvalue weighted by atomic mass is 9.79. The number of piperazine rings is 1. The molecule has 0 aromatic rings. The summed E-state index contributed by atoms with van der Waals surface area (Å²) in [4.78, 5) is 2.87. The van der Waals surface area contributed by atoms with Gasteiger partial charge in [0.15, 0.2) is 0 Å². The van der Waals surface area contributed by atoms with Gasteiger partial charge < -0.3 is 5.32 Å². The Balaban J connectivity index is 1.71. The first-order valence-corrected chi connectivity index (χ1v) is 9.30. The summed E-state index contributed by atoms with van der Waals surface area (Å²) in [5.74, 6) is 3.12. The summed E-state index contributed by atoms with van der Waals surface area (Å²) in [6, 6.07) is 0.691. The normalized spacial score (nSPS) is 44.4. The maximum absolute atomic E-state index is 3.85. The molecule has 1 aliphatic heterocycles. The lowest BCUT2D eigenvalue weighted by Crippen LogP contribution is -2.66. The minimum Gasteiger partial charge on any atom is -0.309 e. The van der Waals surface area contributed by atoms with E-state index in [1.54, 1.807) is 6.42 Å². The molecule has 21 heavy (non-hydrogen) atoms. The first-order chi connectivity index (χ1) is 9.81. The molecule has 1 heterocycles. The Hall–Kier alpha value is -0.0800. The summed E-state index contributed by atoms with van der Waals surface area (Å²) >= 11 is 0. The molecule has 122 valence electrons. The number of hydrogen-bond donors (Lipinski definition) is 1. The molecule has 5 atom stereocenters. The largest absolute Gasteiger partial charge is 0.309 e. The van der Waals surface area contributed by atoms with E-state index in [0.29, 0.717) is 17.0 Å². The van der Waals surface area contributed by atoms with Crippen molar-refractivity contribution >= 4 is 0 Å². The van der Waals surface area contributed by atoms with Crippen LogP contribution in [0.1, 0.15) is 66.7 Å². The van der Waals surface area contributed by atoms with Crippen LogP contribution in [0.15, 0.2) is 0 Å². The van der Waals surface area contributed by atoms with Crippen molar-refractivity contribution in [3.8, 4) is 0 Å². The lowest BCUT2D eigenvalue weighted by Gasteiger charge is -2.51. The van der Waals surface area contributed by atoms with Crippen LogP contribution in [-0.4, -0.2) is 36.1 Å². The lowest BCUT2D eigenvalue weighted by molar-refractivity contribution is 0.00951. The first kappa shape index (κ1) is 15.8. The maximum atomic E-state index is 3.85. The molecule has 2 nitrogen and oxygen atoms in total. The molecule has 1 N–H and O–H groups in total. The zero-order valence-electron chi connectivity index (χ0n) is 14.9. The van der Waals surface area contributed by atoms with E-state index < -0.39 is 0 Å². The second-order valence-corrected chi connectivity index (χ2v) is 9.54. The van der Waals surface area contributed by atoms with Crippen LogP contribution >= 0.6 is 0 Å². The molecular formula is C19H36N2. The van der Waals surface area contributed by atoms with E-state index in [-0.39, 0.29) is 0 Å². The van der Waals surface area contributed by atoms with E-state index in [4.69, 9.17) is 0 Å². The maximum Gasteiger partial charge on any atom is 0.0278 e. The molecule has 2 aliphatic carbocycles. The highest BCUT2D eigenvalue weighted by molar-refractivity contribution is 5.00. The van der Waals surface area contributed by atoms with Crippen LogP contribution in [0.25, 0.3) is 0 Å². The molecule has 5 unspecified atom stereocenters. The number of nitrogens with one attached hydrogen (secondary N) is 1. The van der Waals surface area contributed by atoms with E-state index in [0.717, 1.165) is 24.3 Å². The predicted molar refractivity (Wildman–Crippen MR) is 90.5 cm³/mol. The average molecular weight is 293 g/mol. The third kappa shape index (κ3) is 3.17. The summed E-state index contributed by atoms with van der Waals surface area (Å²) in [7, 11) is 0. The van der Waals surface area contributed by atoms with E-state index in [1.807, 2.05) is 0 Å². The van der Waals surface area contributed by atoms with Crippen molar-refractivity contribution < 1.29 is 0 Å². The number of nitrogens with zero attached hydrogens (tertiary/aromatic N) is 1. The van der Waals surface area contributed by atoms with E-state index in [1.165, 1.54) is 38.8 Å². The van der Waals surface area contributed by atoms with Gasteiger partial charge in [-0.3, -0.25) is 4.90 Å².